The zero-order chi connectivity index (χ0) is 16.7. The standard InChI is InChI=1S/C19H16N4O/c1-11(13-7-6-12-4-2-3-5-14(12)9-13)8-15-10-24-18-16(15)17(20)22-19(21)23-18/h2-10H,1H3,(H4,20,21,22,23)/b11-8+. The molecule has 0 aliphatic rings. The Bertz CT molecular complexity index is 1100. The highest BCUT2D eigenvalue weighted by Crippen LogP contribution is 2.29. The van der Waals surface area contributed by atoms with Gasteiger partial charge in [-0.25, -0.2) is 0 Å². The summed E-state index contributed by atoms with van der Waals surface area (Å²) in [5.41, 5.74) is 15.0. The molecule has 4 rings (SSSR count). The number of nitrogens with zero attached hydrogens (tertiary/aromatic N) is 2. The predicted molar refractivity (Wildman–Crippen MR) is 98.1 cm³/mol. The Labute approximate surface area is 138 Å². The average Bonchev–Trinajstić information content (AvgIpc) is 2.97. The highest BCUT2D eigenvalue weighted by atomic mass is 16.3. The number of nitrogen functional groups attached to an aromatic ring is 2. The van der Waals surface area contributed by atoms with E-state index < -0.39 is 0 Å². The summed E-state index contributed by atoms with van der Waals surface area (Å²) in [6.45, 7) is 2.05. The maximum atomic E-state index is 5.97. The molecule has 0 aliphatic carbocycles. The van der Waals surface area contributed by atoms with Crippen LogP contribution in [0, 0.1) is 0 Å². The third-order valence-electron chi connectivity index (χ3n) is 4.08. The van der Waals surface area contributed by atoms with Crippen LogP contribution < -0.4 is 11.5 Å². The highest BCUT2D eigenvalue weighted by Gasteiger charge is 2.12. The van der Waals surface area contributed by atoms with Crippen molar-refractivity contribution in [3.8, 4) is 0 Å². The second-order valence-corrected chi connectivity index (χ2v) is 5.73. The van der Waals surface area contributed by atoms with Gasteiger partial charge < -0.3 is 15.9 Å². The van der Waals surface area contributed by atoms with Gasteiger partial charge in [0.25, 0.3) is 0 Å². The Hall–Kier alpha value is -3.34. The Kier molecular flexibility index (Phi) is 3.20. The molecule has 5 heteroatoms. The molecule has 0 saturated heterocycles. The molecule has 0 fully saturated rings. The van der Waals surface area contributed by atoms with Crippen LogP contribution in [0.2, 0.25) is 0 Å². The van der Waals surface area contributed by atoms with Crippen molar-refractivity contribution in [2.45, 2.75) is 6.92 Å². The minimum absolute atomic E-state index is 0.108. The molecule has 0 unspecified atom stereocenters. The maximum Gasteiger partial charge on any atom is 0.233 e. The molecule has 0 spiro atoms. The first-order valence-corrected chi connectivity index (χ1v) is 7.59. The van der Waals surface area contributed by atoms with Gasteiger partial charge in [-0.3, -0.25) is 0 Å². The van der Waals surface area contributed by atoms with Crippen molar-refractivity contribution in [3.63, 3.8) is 0 Å². The minimum Gasteiger partial charge on any atom is -0.445 e. The summed E-state index contributed by atoms with van der Waals surface area (Å²) >= 11 is 0. The Balaban J connectivity index is 1.82. The molecule has 24 heavy (non-hydrogen) atoms. The summed E-state index contributed by atoms with van der Waals surface area (Å²) < 4.78 is 5.46. The maximum absolute atomic E-state index is 5.97. The first kappa shape index (κ1) is 14.3. The zero-order valence-corrected chi connectivity index (χ0v) is 13.2. The van der Waals surface area contributed by atoms with Gasteiger partial charge in [-0.2, -0.15) is 9.97 Å². The van der Waals surface area contributed by atoms with Gasteiger partial charge in [-0.15, -0.1) is 0 Å². The van der Waals surface area contributed by atoms with Crippen LogP contribution in [0.5, 0.6) is 0 Å². The van der Waals surface area contributed by atoms with Crippen LogP contribution in [0.3, 0.4) is 0 Å². The molecule has 4 N–H and O–H groups in total. The number of aromatic nitrogens is 2. The van der Waals surface area contributed by atoms with Gasteiger partial charge in [0, 0.05) is 5.56 Å². The molecule has 5 nitrogen and oxygen atoms in total. The summed E-state index contributed by atoms with van der Waals surface area (Å²) in [6, 6.07) is 14.7. The molecule has 0 aliphatic heterocycles. The zero-order valence-electron chi connectivity index (χ0n) is 13.2. The number of allylic oxidation sites excluding steroid dienone is 1. The molecule has 2 aromatic carbocycles. The van der Waals surface area contributed by atoms with Crippen molar-refractivity contribution in [1.29, 1.82) is 0 Å². The summed E-state index contributed by atoms with van der Waals surface area (Å²) in [5.74, 6) is 0.431. The van der Waals surface area contributed by atoms with E-state index in [4.69, 9.17) is 15.9 Å². The fraction of sp³-hybridized carbons (Fsp3) is 0.0526. The monoisotopic (exact) mass is 316 g/mol. The average molecular weight is 316 g/mol. The predicted octanol–water partition coefficient (Wildman–Crippen LogP) is 4.10. The van der Waals surface area contributed by atoms with Gasteiger partial charge in [-0.05, 0) is 41.0 Å². The third-order valence-corrected chi connectivity index (χ3v) is 4.08. The van der Waals surface area contributed by atoms with Crippen molar-refractivity contribution in [3.05, 3.63) is 59.9 Å². The molecule has 2 heterocycles. The van der Waals surface area contributed by atoms with E-state index in [-0.39, 0.29) is 5.95 Å². The lowest BCUT2D eigenvalue weighted by molar-refractivity contribution is 0.602. The lowest BCUT2D eigenvalue weighted by Crippen LogP contribution is -1.99. The van der Waals surface area contributed by atoms with Crippen LogP contribution in [-0.4, -0.2) is 9.97 Å². The topological polar surface area (TPSA) is 91.0 Å². The van der Waals surface area contributed by atoms with Crippen molar-refractivity contribution in [1.82, 2.24) is 9.97 Å². The Morgan fingerprint density at radius 3 is 2.67 bits per heavy atom. The molecular weight excluding hydrogens is 300 g/mol. The molecule has 0 radical (unpaired) electrons. The molecule has 4 aromatic rings. The number of hydrogen-bond acceptors (Lipinski definition) is 5. The second kappa shape index (κ2) is 5.38. The van der Waals surface area contributed by atoms with Gasteiger partial charge in [0.05, 0.1) is 5.39 Å². The Morgan fingerprint density at radius 2 is 1.83 bits per heavy atom. The normalized spacial score (nSPS) is 12.1. The first-order valence-electron chi connectivity index (χ1n) is 7.59. The van der Waals surface area contributed by atoms with E-state index in [0.29, 0.717) is 16.9 Å². The van der Waals surface area contributed by atoms with Crippen LogP contribution in [-0.2, 0) is 0 Å². The SMILES string of the molecule is C/C(=C\c1coc2nc(N)nc(N)c12)c1ccc2ccccc2c1. The van der Waals surface area contributed by atoms with Gasteiger partial charge in [0.15, 0.2) is 0 Å². The summed E-state index contributed by atoms with van der Waals surface area (Å²) in [5, 5.41) is 3.11. The number of furan rings is 1. The summed E-state index contributed by atoms with van der Waals surface area (Å²) in [7, 11) is 0. The summed E-state index contributed by atoms with van der Waals surface area (Å²) in [6.07, 6.45) is 3.64. The Morgan fingerprint density at radius 1 is 1.04 bits per heavy atom. The second-order valence-electron chi connectivity index (χ2n) is 5.73. The number of fused-ring (bicyclic) bond motifs is 2. The number of benzene rings is 2. The van der Waals surface area contributed by atoms with E-state index in [1.54, 1.807) is 6.26 Å². The number of rotatable bonds is 2. The molecule has 118 valence electrons. The van der Waals surface area contributed by atoms with Gasteiger partial charge in [-0.1, -0.05) is 36.4 Å². The van der Waals surface area contributed by atoms with Crippen molar-refractivity contribution < 1.29 is 4.42 Å². The molecular formula is C19H16N4O. The largest absolute Gasteiger partial charge is 0.445 e. The molecule has 0 atom stereocenters. The van der Waals surface area contributed by atoms with Crippen molar-refractivity contribution in [2.24, 2.45) is 0 Å². The smallest absolute Gasteiger partial charge is 0.233 e. The fourth-order valence-electron chi connectivity index (χ4n) is 2.87. The lowest BCUT2D eigenvalue weighted by Gasteiger charge is -2.04. The van der Waals surface area contributed by atoms with Crippen LogP contribution in [0.1, 0.15) is 18.1 Å². The van der Waals surface area contributed by atoms with E-state index in [1.165, 1.54) is 10.8 Å². The highest BCUT2D eigenvalue weighted by molar-refractivity contribution is 5.98. The van der Waals surface area contributed by atoms with Gasteiger partial charge >= 0.3 is 0 Å². The number of hydrogen-bond donors (Lipinski definition) is 2. The minimum atomic E-state index is 0.108. The number of anilines is 2. The molecule has 0 saturated carbocycles. The van der Waals surface area contributed by atoms with Gasteiger partial charge in [0.1, 0.15) is 12.1 Å². The molecule has 2 aromatic heterocycles. The fourth-order valence-corrected chi connectivity index (χ4v) is 2.87. The van der Waals surface area contributed by atoms with E-state index in [0.717, 1.165) is 16.7 Å². The van der Waals surface area contributed by atoms with Crippen molar-refractivity contribution in [2.75, 3.05) is 11.5 Å². The van der Waals surface area contributed by atoms with Crippen molar-refractivity contribution >= 4 is 45.3 Å². The first-order chi connectivity index (χ1) is 11.6. The van der Waals surface area contributed by atoms with E-state index >= 15 is 0 Å². The third kappa shape index (κ3) is 2.36. The molecule has 0 amide bonds. The molecule has 0 bridgehead atoms. The van der Waals surface area contributed by atoms with Crippen LogP contribution >= 0.6 is 0 Å². The van der Waals surface area contributed by atoms with E-state index in [2.05, 4.69) is 47.2 Å². The van der Waals surface area contributed by atoms with E-state index in [1.807, 2.05) is 18.2 Å². The summed E-state index contributed by atoms with van der Waals surface area (Å²) in [4.78, 5) is 8.08. The van der Waals surface area contributed by atoms with Crippen LogP contribution in [0.4, 0.5) is 11.8 Å². The van der Waals surface area contributed by atoms with Crippen LogP contribution in [0.15, 0.2) is 53.1 Å². The van der Waals surface area contributed by atoms with Gasteiger partial charge in [0.2, 0.25) is 11.7 Å². The lowest BCUT2D eigenvalue weighted by atomic mass is 10.0. The quantitative estimate of drug-likeness (QED) is 0.581. The van der Waals surface area contributed by atoms with E-state index in [9.17, 15) is 0 Å². The number of nitrogens with two attached hydrogens (primary N) is 2. The van der Waals surface area contributed by atoms with Crippen LogP contribution in [0.25, 0.3) is 33.5 Å².